The zero-order valence-electron chi connectivity index (χ0n) is 10.1. The lowest BCUT2D eigenvalue weighted by Crippen LogP contribution is -2.31. The van der Waals surface area contributed by atoms with E-state index in [1.54, 1.807) is 16.2 Å². The summed E-state index contributed by atoms with van der Waals surface area (Å²) in [6.07, 6.45) is 4.12. The molecule has 2 aliphatic rings. The maximum Gasteiger partial charge on any atom is 0.263 e. The SMILES string of the molecule is NC(=O)[C@H]1CCN(C(=O)c2cc3c(s2)CCC3)C1. The number of rotatable bonds is 2. The van der Waals surface area contributed by atoms with Crippen LogP contribution in [0.4, 0.5) is 0 Å². The van der Waals surface area contributed by atoms with E-state index in [1.807, 2.05) is 6.07 Å². The lowest BCUT2D eigenvalue weighted by atomic mass is 10.1. The zero-order chi connectivity index (χ0) is 12.7. The number of hydrogen-bond acceptors (Lipinski definition) is 3. The largest absolute Gasteiger partial charge is 0.369 e. The van der Waals surface area contributed by atoms with Crippen molar-refractivity contribution in [3.05, 3.63) is 21.4 Å². The van der Waals surface area contributed by atoms with Crippen LogP contribution in [0.15, 0.2) is 6.07 Å². The lowest BCUT2D eigenvalue weighted by molar-refractivity contribution is -0.121. The lowest BCUT2D eigenvalue weighted by Gasteiger charge is -2.14. The minimum atomic E-state index is -0.293. The Morgan fingerprint density at radius 1 is 1.39 bits per heavy atom. The summed E-state index contributed by atoms with van der Waals surface area (Å²) < 4.78 is 0. The van der Waals surface area contributed by atoms with Crippen LogP contribution in [-0.2, 0) is 17.6 Å². The van der Waals surface area contributed by atoms with E-state index < -0.39 is 0 Å². The van der Waals surface area contributed by atoms with Crippen LogP contribution < -0.4 is 5.73 Å². The fourth-order valence-corrected chi connectivity index (χ4v) is 3.99. The molecule has 5 heteroatoms. The Balaban J connectivity index is 1.73. The number of thiophene rings is 1. The molecule has 0 saturated carbocycles. The molecule has 18 heavy (non-hydrogen) atoms. The van der Waals surface area contributed by atoms with Crippen LogP contribution in [-0.4, -0.2) is 29.8 Å². The Bertz CT molecular complexity index is 488. The molecule has 0 unspecified atom stereocenters. The number of carbonyl (C=O) groups is 2. The molecule has 0 spiro atoms. The number of aryl methyl sites for hydroxylation is 2. The third kappa shape index (κ3) is 1.92. The summed E-state index contributed by atoms with van der Waals surface area (Å²) >= 11 is 1.62. The average Bonchev–Trinajstić information content (AvgIpc) is 3.02. The topological polar surface area (TPSA) is 63.4 Å². The van der Waals surface area contributed by atoms with Crippen molar-refractivity contribution >= 4 is 23.2 Å². The van der Waals surface area contributed by atoms with Gasteiger partial charge < -0.3 is 10.6 Å². The van der Waals surface area contributed by atoms with Crippen molar-refractivity contribution in [2.24, 2.45) is 11.7 Å². The van der Waals surface area contributed by atoms with E-state index in [0.717, 1.165) is 17.7 Å². The molecule has 3 rings (SSSR count). The molecule has 2 N–H and O–H groups in total. The molecule has 1 atom stereocenters. The van der Waals surface area contributed by atoms with Crippen molar-refractivity contribution in [2.75, 3.05) is 13.1 Å². The molecule has 0 bridgehead atoms. The fraction of sp³-hybridized carbons (Fsp3) is 0.538. The van der Waals surface area contributed by atoms with E-state index in [-0.39, 0.29) is 17.7 Å². The second kappa shape index (κ2) is 4.39. The molecule has 1 aliphatic carbocycles. The van der Waals surface area contributed by atoms with Crippen LogP contribution in [0.5, 0.6) is 0 Å². The van der Waals surface area contributed by atoms with Gasteiger partial charge in [-0.3, -0.25) is 9.59 Å². The van der Waals surface area contributed by atoms with Gasteiger partial charge in [-0.25, -0.2) is 0 Å². The summed E-state index contributed by atoms with van der Waals surface area (Å²) in [6, 6.07) is 2.03. The Morgan fingerprint density at radius 2 is 2.22 bits per heavy atom. The highest BCUT2D eigenvalue weighted by molar-refractivity contribution is 7.14. The molecule has 2 amide bonds. The number of fused-ring (bicyclic) bond motifs is 1. The quantitative estimate of drug-likeness (QED) is 0.872. The van der Waals surface area contributed by atoms with Crippen LogP contribution in [0.2, 0.25) is 0 Å². The minimum absolute atomic E-state index is 0.0677. The first kappa shape index (κ1) is 11.7. The molecule has 4 nitrogen and oxygen atoms in total. The summed E-state index contributed by atoms with van der Waals surface area (Å²) in [5.41, 5.74) is 6.63. The van der Waals surface area contributed by atoms with Gasteiger partial charge in [0, 0.05) is 18.0 Å². The van der Waals surface area contributed by atoms with Gasteiger partial charge in [0.15, 0.2) is 0 Å². The molecule has 1 fully saturated rings. The highest BCUT2D eigenvalue weighted by Gasteiger charge is 2.31. The van der Waals surface area contributed by atoms with Crippen LogP contribution in [0, 0.1) is 5.92 Å². The number of hydrogen-bond donors (Lipinski definition) is 1. The van der Waals surface area contributed by atoms with Crippen molar-refractivity contribution in [3.8, 4) is 0 Å². The van der Waals surface area contributed by atoms with Crippen LogP contribution in [0.1, 0.15) is 33.0 Å². The van der Waals surface area contributed by atoms with Crippen molar-refractivity contribution in [1.82, 2.24) is 4.90 Å². The predicted molar refractivity (Wildman–Crippen MR) is 69.5 cm³/mol. The zero-order valence-corrected chi connectivity index (χ0v) is 11.0. The fourth-order valence-electron chi connectivity index (χ4n) is 2.77. The van der Waals surface area contributed by atoms with Crippen molar-refractivity contribution in [3.63, 3.8) is 0 Å². The van der Waals surface area contributed by atoms with Gasteiger partial charge in [-0.05, 0) is 37.3 Å². The number of carbonyl (C=O) groups excluding carboxylic acids is 2. The van der Waals surface area contributed by atoms with E-state index in [4.69, 9.17) is 5.73 Å². The molecule has 1 aliphatic heterocycles. The number of primary amides is 1. The highest BCUT2D eigenvalue weighted by Crippen LogP contribution is 2.32. The Morgan fingerprint density at radius 3 is 2.89 bits per heavy atom. The van der Waals surface area contributed by atoms with Crippen LogP contribution >= 0.6 is 11.3 Å². The first-order valence-electron chi connectivity index (χ1n) is 6.35. The number of amides is 2. The Kier molecular flexibility index (Phi) is 2.86. The smallest absolute Gasteiger partial charge is 0.263 e. The Hall–Kier alpha value is -1.36. The van der Waals surface area contributed by atoms with Crippen LogP contribution in [0.25, 0.3) is 0 Å². The third-order valence-electron chi connectivity index (χ3n) is 3.84. The maximum atomic E-state index is 12.3. The molecular formula is C13H16N2O2S. The van der Waals surface area contributed by atoms with E-state index in [2.05, 4.69) is 0 Å². The number of likely N-dealkylation sites (tertiary alicyclic amines) is 1. The van der Waals surface area contributed by atoms with E-state index >= 15 is 0 Å². The van der Waals surface area contributed by atoms with Gasteiger partial charge >= 0.3 is 0 Å². The van der Waals surface area contributed by atoms with E-state index in [0.29, 0.717) is 19.5 Å². The van der Waals surface area contributed by atoms with Gasteiger partial charge in [0.25, 0.3) is 5.91 Å². The van der Waals surface area contributed by atoms with Gasteiger partial charge in [0.1, 0.15) is 0 Å². The van der Waals surface area contributed by atoms with Gasteiger partial charge in [0.2, 0.25) is 5.91 Å². The summed E-state index contributed by atoms with van der Waals surface area (Å²) in [6.45, 7) is 1.13. The minimum Gasteiger partial charge on any atom is -0.369 e. The van der Waals surface area contributed by atoms with Gasteiger partial charge in [-0.1, -0.05) is 0 Å². The Labute approximate surface area is 110 Å². The van der Waals surface area contributed by atoms with Crippen molar-refractivity contribution in [2.45, 2.75) is 25.7 Å². The summed E-state index contributed by atoms with van der Waals surface area (Å²) in [4.78, 5) is 27.4. The van der Waals surface area contributed by atoms with Gasteiger partial charge in [0.05, 0.1) is 10.8 Å². The van der Waals surface area contributed by atoms with E-state index in [9.17, 15) is 9.59 Å². The maximum absolute atomic E-state index is 12.3. The molecule has 2 heterocycles. The monoisotopic (exact) mass is 264 g/mol. The van der Waals surface area contributed by atoms with Crippen molar-refractivity contribution < 1.29 is 9.59 Å². The normalized spacial score (nSPS) is 22.2. The number of nitrogens with zero attached hydrogens (tertiary/aromatic N) is 1. The second-order valence-electron chi connectivity index (χ2n) is 5.05. The van der Waals surface area contributed by atoms with Crippen LogP contribution in [0.3, 0.4) is 0 Å². The molecule has 0 radical (unpaired) electrons. The standard InChI is InChI=1S/C13H16N2O2S/c14-12(16)9-4-5-15(7-9)13(17)11-6-8-2-1-3-10(8)18-11/h6,9H,1-5,7H2,(H2,14,16)/t9-/m0/s1. The highest BCUT2D eigenvalue weighted by atomic mass is 32.1. The average molecular weight is 264 g/mol. The summed E-state index contributed by atoms with van der Waals surface area (Å²) in [5.74, 6) is -0.391. The van der Waals surface area contributed by atoms with Gasteiger partial charge in [-0.15, -0.1) is 11.3 Å². The molecule has 1 saturated heterocycles. The molecular weight excluding hydrogens is 248 g/mol. The molecule has 1 aromatic rings. The van der Waals surface area contributed by atoms with Crippen molar-refractivity contribution in [1.29, 1.82) is 0 Å². The predicted octanol–water partition coefficient (Wildman–Crippen LogP) is 1.18. The third-order valence-corrected chi connectivity index (χ3v) is 5.06. The summed E-state index contributed by atoms with van der Waals surface area (Å²) in [5, 5.41) is 0. The molecule has 0 aromatic carbocycles. The molecule has 1 aromatic heterocycles. The first-order valence-corrected chi connectivity index (χ1v) is 7.17. The summed E-state index contributed by atoms with van der Waals surface area (Å²) in [7, 11) is 0. The molecule has 96 valence electrons. The van der Waals surface area contributed by atoms with E-state index in [1.165, 1.54) is 16.9 Å². The second-order valence-corrected chi connectivity index (χ2v) is 6.19. The van der Waals surface area contributed by atoms with Gasteiger partial charge in [-0.2, -0.15) is 0 Å². The number of nitrogens with two attached hydrogens (primary N) is 1. The first-order chi connectivity index (χ1) is 8.65.